The minimum absolute atomic E-state index is 0.000622. The van der Waals surface area contributed by atoms with Gasteiger partial charge in [-0.05, 0) is 33.9 Å². The fourth-order valence-corrected chi connectivity index (χ4v) is 4.24. The van der Waals surface area contributed by atoms with Crippen LogP contribution in [0.25, 0.3) is 11.1 Å². The van der Waals surface area contributed by atoms with Gasteiger partial charge in [-0.3, -0.25) is 0 Å². The zero-order valence-electron chi connectivity index (χ0n) is 17.7. The number of amides is 1. The first-order chi connectivity index (χ1) is 16.2. The Morgan fingerprint density at radius 3 is 2.12 bits per heavy atom. The van der Waals surface area contributed by atoms with Crippen molar-refractivity contribution < 1.29 is 37.3 Å². The molecule has 0 aliphatic heterocycles. The molecule has 5 nitrogen and oxygen atoms in total. The van der Waals surface area contributed by atoms with Crippen molar-refractivity contribution in [2.75, 3.05) is 13.2 Å². The van der Waals surface area contributed by atoms with Crippen molar-refractivity contribution in [3.8, 4) is 11.1 Å². The van der Waals surface area contributed by atoms with Crippen LogP contribution in [0.3, 0.4) is 0 Å². The van der Waals surface area contributed by atoms with E-state index in [1.165, 1.54) is 0 Å². The zero-order valence-corrected chi connectivity index (χ0v) is 17.7. The first kappa shape index (κ1) is 23.7. The highest BCUT2D eigenvalue weighted by atomic mass is 19.4. The van der Waals surface area contributed by atoms with Crippen LogP contribution < -0.4 is 5.32 Å². The molecule has 178 valence electrons. The molecule has 3 aromatic carbocycles. The monoisotopic (exact) mass is 475 g/mol. The van der Waals surface area contributed by atoms with E-state index in [9.17, 15) is 32.6 Å². The summed E-state index contributed by atoms with van der Waals surface area (Å²) in [6, 6.07) is 17.9. The number of alkyl carbamates (subject to hydrolysis) is 1. The minimum Gasteiger partial charge on any atom is -0.449 e. The maximum Gasteiger partial charge on any atom is 0.419 e. The van der Waals surface area contributed by atoms with Gasteiger partial charge in [0.05, 0.1) is 5.56 Å². The highest BCUT2D eigenvalue weighted by Crippen LogP contribution is 2.44. The Hall–Kier alpha value is -3.43. The average Bonchev–Trinajstić information content (AvgIpc) is 3.13. The van der Waals surface area contributed by atoms with Gasteiger partial charge in [-0.15, -0.1) is 0 Å². The van der Waals surface area contributed by atoms with Crippen molar-refractivity contribution in [3.05, 3.63) is 94.8 Å². The van der Waals surface area contributed by atoms with Crippen molar-refractivity contribution in [2.24, 2.45) is 0 Å². The molecule has 3 N–H and O–H groups in total. The van der Waals surface area contributed by atoms with E-state index >= 15 is 0 Å². The van der Waals surface area contributed by atoms with Crippen molar-refractivity contribution >= 4 is 6.09 Å². The summed E-state index contributed by atoms with van der Waals surface area (Å²) in [5.41, 5.74) is 1.59. The van der Waals surface area contributed by atoms with Gasteiger partial charge in [0.15, 0.2) is 0 Å². The van der Waals surface area contributed by atoms with Gasteiger partial charge in [-0.1, -0.05) is 60.7 Å². The van der Waals surface area contributed by atoms with Gasteiger partial charge in [0.2, 0.25) is 0 Å². The number of hydrogen-bond donors (Lipinski definition) is 3. The van der Waals surface area contributed by atoms with Crippen LogP contribution in [0.15, 0.2) is 66.7 Å². The van der Waals surface area contributed by atoms with Gasteiger partial charge in [0.1, 0.15) is 24.6 Å². The van der Waals surface area contributed by atoms with Gasteiger partial charge < -0.3 is 20.3 Å². The SMILES string of the molecule is O=C(NCC(O)C(O)c1cccc(F)c1C(F)(F)F)OCC1c2ccccc2-c2ccccc21. The van der Waals surface area contributed by atoms with Gasteiger partial charge in [0, 0.05) is 12.5 Å². The summed E-state index contributed by atoms with van der Waals surface area (Å²) in [6.07, 6.45) is -9.89. The normalized spacial score (nSPS) is 14.8. The van der Waals surface area contributed by atoms with Crippen molar-refractivity contribution in [1.29, 1.82) is 0 Å². The number of halogens is 4. The van der Waals surface area contributed by atoms with Crippen LogP contribution >= 0.6 is 0 Å². The maximum atomic E-state index is 13.7. The van der Waals surface area contributed by atoms with E-state index in [4.69, 9.17) is 4.74 Å². The second-order valence-electron chi connectivity index (χ2n) is 7.92. The molecular weight excluding hydrogens is 454 g/mol. The Morgan fingerprint density at radius 2 is 1.53 bits per heavy atom. The van der Waals surface area contributed by atoms with Crippen molar-refractivity contribution in [3.63, 3.8) is 0 Å². The van der Waals surface area contributed by atoms with Crippen LogP contribution in [0.5, 0.6) is 0 Å². The Balaban J connectivity index is 1.38. The predicted octanol–water partition coefficient (Wildman–Crippen LogP) is 4.78. The standard InChI is InChI=1S/C25H21F4NO4/c26-20-11-5-10-18(22(20)25(27,28)29)23(32)21(31)12-30-24(33)34-13-19-16-8-3-1-6-14(16)15-7-2-4-9-17(15)19/h1-11,19,21,23,31-32H,12-13H2,(H,30,33). The van der Waals surface area contributed by atoms with Gasteiger partial charge in [0.25, 0.3) is 0 Å². The quantitative estimate of drug-likeness (QED) is 0.449. The number of benzene rings is 3. The van der Waals surface area contributed by atoms with Crippen LogP contribution in [0.1, 0.15) is 34.3 Å². The molecule has 0 saturated carbocycles. The highest BCUT2D eigenvalue weighted by Gasteiger charge is 2.39. The average molecular weight is 475 g/mol. The lowest BCUT2D eigenvalue weighted by atomic mass is 9.97. The Bertz CT molecular complexity index is 1150. The summed E-state index contributed by atoms with van der Waals surface area (Å²) in [6.45, 7) is -0.605. The topological polar surface area (TPSA) is 78.8 Å². The van der Waals surface area contributed by atoms with Crippen LogP contribution in [0.2, 0.25) is 0 Å². The molecule has 34 heavy (non-hydrogen) atoms. The smallest absolute Gasteiger partial charge is 0.419 e. The van der Waals surface area contributed by atoms with Crippen molar-refractivity contribution in [1.82, 2.24) is 5.32 Å². The number of carbonyl (C=O) groups excluding carboxylic acids is 1. The number of rotatable bonds is 6. The molecule has 0 fully saturated rings. The molecule has 0 spiro atoms. The second-order valence-corrected chi connectivity index (χ2v) is 7.92. The molecule has 1 amide bonds. The fraction of sp³-hybridized carbons (Fsp3) is 0.240. The van der Waals surface area contributed by atoms with Crippen LogP contribution in [-0.4, -0.2) is 35.6 Å². The molecule has 9 heteroatoms. The number of alkyl halides is 3. The Labute approximate surface area is 192 Å². The summed E-state index contributed by atoms with van der Waals surface area (Å²) < 4.78 is 58.6. The van der Waals surface area contributed by atoms with Crippen LogP contribution in [0.4, 0.5) is 22.4 Å². The molecule has 2 unspecified atom stereocenters. The molecule has 0 heterocycles. The fourth-order valence-electron chi connectivity index (χ4n) is 4.24. The first-order valence-electron chi connectivity index (χ1n) is 10.5. The van der Waals surface area contributed by atoms with E-state index in [1.54, 1.807) is 0 Å². The lowest BCUT2D eigenvalue weighted by Crippen LogP contribution is -2.37. The summed E-state index contributed by atoms with van der Waals surface area (Å²) >= 11 is 0. The number of ether oxygens (including phenoxy) is 1. The third kappa shape index (κ3) is 4.62. The number of aliphatic hydroxyl groups is 2. The number of hydrogen-bond acceptors (Lipinski definition) is 4. The number of carbonyl (C=O) groups is 1. The lowest BCUT2D eigenvalue weighted by molar-refractivity contribution is -0.142. The van der Waals surface area contributed by atoms with E-state index in [0.29, 0.717) is 6.07 Å². The summed E-state index contributed by atoms with van der Waals surface area (Å²) in [5, 5.41) is 22.5. The minimum atomic E-state index is -5.07. The van der Waals surface area contributed by atoms with E-state index < -0.39 is 48.0 Å². The number of aliphatic hydroxyl groups excluding tert-OH is 2. The largest absolute Gasteiger partial charge is 0.449 e. The van der Waals surface area contributed by atoms with E-state index in [1.807, 2.05) is 48.5 Å². The molecule has 1 aliphatic carbocycles. The maximum absolute atomic E-state index is 13.7. The number of fused-ring (bicyclic) bond motifs is 3. The molecule has 0 radical (unpaired) electrons. The lowest BCUT2D eigenvalue weighted by Gasteiger charge is -2.22. The third-order valence-corrected chi connectivity index (χ3v) is 5.81. The molecule has 2 atom stereocenters. The van der Waals surface area contributed by atoms with E-state index in [0.717, 1.165) is 34.4 Å². The molecule has 0 bridgehead atoms. The summed E-state index contributed by atoms with van der Waals surface area (Å²) in [5.74, 6) is -1.77. The Kier molecular flexibility index (Phi) is 6.58. The predicted molar refractivity (Wildman–Crippen MR) is 115 cm³/mol. The van der Waals surface area contributed by atoms with Gasteiger partial charge in [-0.2, -0.15) is 13.2 Å². The van der Waals surface area contributed by atoms with Gasteiger partial charge >= 0.3 is 12.3 Å². The van der Waals surface area contributed by atoms with E-state index in [-0.39, 0.29) is 12.5 Å². The van der Waals surface area contributed by atoms with Gasteiger partial charge in [-0.25, -0.2) is 9.18 Å². The van der Waals surface area contributed by atoms with E-state index in [2.05, 4.69) is 5.32 Å². The van der Waals surface area contributed by atoms with Crippen LogP contribution in [-0.2, 0) is 10.9 Å². The molecule has 4 rings (SSSR count). The molecular formula is C25H21F4NO4. The summed E-state index contributed by atoms with van der Waals surface area (Å²) in [4.78, 5) is 12.2. The summed E-state index contributed by atoms with van der Waals surface area (Å²) in [7, 11) is 0. The molecule has 0 saturated heterocycles. The number of nitrogens with one attached hydrogen (secondary N) is 1. The molecule has 3 aromatic rings. The highest BCUT2D eigenvalue weighted by molar-refractivity contribution is 5.79. The zero-order chi connectivity index (χ0) is 24.5. The third-order valence-electron chi connectivity index (χ3n) is 5.81. The molecule has 0 aromatic heterocycles. The second kappa shape index (κ2) is 9.44. The first-order valence-corrected chi connectivity index (χ1v) is 10.5. The Morgan fingerprint density at radius 1 is 0.941 bits per heavy atom. The molecule has 1 aliphatic rings. The van der Waals surface area contributed by atoms with Crippen molar-refractivity contribution in [2.45, 2.75) is 24.3 Å². The van der Waals surface area contributed by atoms with Crippen LogP contribution in [0, 0.1) is 5.82 Å².